The normalized spacial score (nSPS) is 17.4. The molecule has 1 saturated heterocycles. The van der Waals surface area contributed by atoms with E-state index in [9.17, 15) is 9.59 Å². The van der Waals surface area contributed by atoms with Gasteiger partial charge in [-0.25, -0.2) is 0 Å². The number of carbonyl (C=O) groups excluding carboxylic acids is 2. The van der Waals surface area contributed by atoms with Crippen LogP contribution in [-0.2, 0) is 28.0 Å². The average molecular weight is 467 g/mol. The van der Waals surface area contributed by atoms with Gasteiger partial charge < -0.3 is 15.0 Å². The number of amides is 2. The molecule has 0 unspecified atom stereocenters. The number of benzene rings is 2. The first-order valence-corrected chi connectivity index (χ1v) is 11.8. The molecule has 2 aliphatic heterocycles. The summed E-state index contributed by atoms with van der Waals surface area (Å²) in [5.74, 6) is 0.372. The summed E-state index contributed by atoms with van der Waals surface area (Å²) >= 11 is 6.31. The zero-order valence-electron chi connectivity index (χ0n) is 18.7. The van der Waals surface area contributed by atoms with Crippen LogP contribution in [0.2, 0.25) is 0 Å². The molecule has 2 aliphatic rings. The number of ether oxygens (including phenoxy) is 1. The van der Waals surface area contributed by atoms with Gasteiger partial charge in [-0.05, 0) is 52.3 Å². The van der Waals surface area contributed by atoms with Gasteiger partial charge in [-0.1, -0.05) is 75.9 Å². The number of hydrogen-bond donors (Lipinski definition) is 1. The summed E-state index contributed by atoms with van der Waals surface area (Å²) in [7, 11) is 0. The quantitative estimate of drug-likeness (QED) is 0.510. The smallest absolute Gasteiger partial charge is 0.265 e. The topological polar surface area (TPSA) is 58.6 Å². The Labute approximate surface area is 198 Å². The zero-order chi connectivity index (χ0) is 23.0. The van der Waals surface area contributed by atoms with Gasteiger partial charge in [-0.3, -0.25) is 9.59 Å². The Kier molecular flexibility index (Phi) is 6.14. The average Bonchev–Trinajstić information content (AvgIpc) is 3.06. The Bertz CT molecular complexity index is 1150. The number of anilines is 1. The molecule has 0 bridgehead atoms. The number of nitrogens with one attached hydrogen (secondary N) is 1. The summed E-state index contributed by atoms with van der Waals surface area (Å²) in [6.45, 7) is 9.21. The van der Waals surface area contributed by atoms with Crippen molar-refractivity contribution in [2.24, 2.45) is 0 Å². The van der Waals surface area contributed by atoms with Gasteiger partial charge in [0.15, 0.2) is 6.61 Å². The van der Waals surface area contributed by atoms with E-state index in [0.29, 0.717) is 27.2 Å². The first-order valence-electron chi connectivity index (χ1n) is 10.6. The summed E-state index contributed by atoms with van der Waals surface area (Å²) in [4.78, 5) is 27.2. The highest BCUT2D eigenvalue weighted by Gasteiger charge is 2.27. The van der Waals surface area contributed by atoms with Crippen LogP contribution >= 0.6 is 24.0 Å². The van der Waals surface area contributed by atoms with Crippen molar-refractivity contribution in [1.29, 1.82) is 0 Å². The number of fused-ring (bicyclic) bond motifs is 1. The third-order valence-electron chi connectivity index (χ3n) is 5.53. The lowest BCUT2D eigenvalue weighted by Gasteiger charge is -2.30. The molecule has 32 heavy (non-hydrogen) atoms. The Balaban J connectivity index is 1.70. The van der Waals surface area contributed by atoms with Crippen LogP contribution in [0.25, 0.3) is 6.08 Å². The largest absolute Gasteiger partial charge is 0.482 e. The summed E-state index contributed by atoms with van der Waals surface area (Å²) < 4.78 is 6.12. The monoisotopic (exact) mass is 466 g/mol. The second-order valence-corrected chi connectivity index (χ2v) is 10.7. The standard InChI is InChI=1S/C25H26N2O3S2/c1-5-15-8-17(10-18(9-15)25(2,3)4)13-27-19-11-16(6-7-20(19)30-14-22(27)28)12-21-23(29)26-24(31)32-21/h6-12H,5,13-14H2,1-4H3,(H,26,29,31). The number of nitrogens with zero attached hydrogens (tertiary/aromatic N) is 1. The summed E-state index contributed by atoms with van der Waals surface area (Å²) in [5, 5.41) is 2.62. The van der Waals surface area contributed by atoms with E-state index in [2.05, 4.69) is 51.2 Å². The van der Waals surface area contributed by atoms with Gasteiger partial charge in [-0.15, -0.1) is 0 Å². The fraction of sp³-hybridized carbons (Fsp3) is 0.320. The van der Waals surface area contributed by atoms with E-state index in [1.165, 1.54) is 22.9 Å². The second-order valence-electron chi connectivity index (χ2n) is 8.99. The molecule has 166 valence electrons. The molecule has 1 N–H and O–H groups in total. The number of aryl methyl sites for hydroxylation is 1. The van der Waals surface area contributed by atoms with Gasteiger partial charge in [0, 0.05) is 0 Å². The van der Waals surface area contributed by atoms with E-state index in [0.717, 1.165) is 17.5 Å². The summed E-state index contributed by atoms with van der Waals surface area (Å²) in [5.41, 5.74) is 5.15. The van der Waals surface area contributed by atoms with Crippen molar-refractivity contribution in [3.05, 3.63) is 63.6 Å². The maximum absolute atomic E-state index is 12.8. The molecule has 0 saturated carbocycles. The first kappa shape index (κ1) is 22.6. The third kappa shape index (κ3) is 4.74. The van der Waals surface area contributed by atoms with Crippen molar-refractivity contribution in [3.8, 4) is 5.75 Å². The molecule has 2 amide bonds. The van der Waals surface area contributed by atoms with Crippen molar-refractivity contribution < 1.29 is 14.3 Å². The van der Waals surface area contributed by atoms with E-state index >= 15 is 0 Å². The molecule has 2 aromatic carbocycles. The second kappa shape index (κ2) is 8.71. The van der Waals surface area contributed by atoms with Crippen LogP contribution in [0, 0.1) is 0 Å². The minimum Gasteiger partial charge on any atom is -0.482 e. The molecule has 0 aliphatic carbocycles. The van der Waals surface area contributed by atoms with Crippen molar-refractivity contribution in [3.63, 3.8) is 0 Å². The van der Waals surface area contributed by atoms with Crippen LogP contribution in [0.1, 0.15) is 49.9 Å². The lowest BCUT2D eigenvalue weighted by atomic mass is 9.84. The molecule has 0 spiro atoms. The Morgan fingerprint density at radius 1 is 1.16 bits per heavy atom. The van der Waals surface area contributed by atoms with Crippen molar-refractivity contribution in [2.75, 3.05) is 11.5 Å². The molecule has 0 aromatic heterocycles. The molecule has 1 fully saturated rings. The van der Waals surface area contributed by atoms with Crippen LogP contribution in [0.5, 0.6) is 5.75 Å². The van der Waals surface area contributed by atoms with Gasteiger partial charge in [0.25, 0.3) is 11.8 Å². The molecule has 0 radical (unpaired) electrons. The fourth-order valence-electron chi connectivity index (χ4n) is 3.73. The number of thiocarbonyl (C=S) groups is 1. The van der Waals surface area contributed by atoms with Gasteiger partial charge in [-0.2, -0.15) is 0 Å². The Hall–Kier alpha value is -2.64. The molecular weight excluding hydrogens is 440 g/mol. The van der Waals surface area contributed by atoms with Crippen LogP contribution in [-0.4, -0.2) is 22.7 Å². The van der Waals surface area contributed by atoms with Crippen LogP contribution in [0.4, 0.5) is 5.69 Å². The lowest BCUT2D eigenvalue weighted by molar-refractivity contribution is -0.121. The minimum absolute atomic E-state index is 0.0135. The van der Waals surface area contributed by atoms with Crippen LogP contribution in [0.3, 0.4) is 0 Å². The van der Waals surface area contributed by atoms with Crippen molar-refractivity contribution in [1.82, 2.24) is 5.32 Å². The van der Waals surface area contributed by atoms with E-state index in [4.69, 9.17) is 17.0 Å². The molecule has 4 rings (SSSR count). The van der Waals surface area contributed by atoms with Gasteiger partial charge >= 0.3 is 0 Å². The summed E-state index contributed by atoms with van der Waals surface area (Å²) in [6.07, 6.45) is 2.72. The molecule has 2 heterocycles. The van der Waals surface area contributed by atoms with Crippen LogP contribution < -0.4 is 15.0 Å². The molecule has 2 aromatic rings. The first-order chi connectivity index (χ1) is 15.1. The maximum atomic E-state index is 12.8. The van der Waals surface area contributed by atoms with E-state index in [1.807, 2.05) is 18.2 Å². The van der Waals surface area contributed by atoms with Gasteiger partial charge in [0.1, 0.15) is 10.1 Å². The highest BCUT2D eigenvalue weighted by atomic mass is 32.2. The lowest BCUT2D eigenvalue weighted by Crippen LogP contribution is -2.38. The Morgan fingerprint density at radius 2 is 1.91 bits per heavy atom. The molecule has 0 atom stereocenters. The molecule has 5 nitrogen and oxygen atoms in total. The predicted octanol–water partition coefficient (Wildman–Crippen LogP) is 4.96. The number of hydrogen-bond acceptors (Lipinski definition) is 5. The van der Waals surface area contributed by atoms with E-state index < -0.39 is 0 Å². The van der Waals surface area contributed by atoms with Gasteiger partial charge in [0.05, 0.1) is 17.1 Å². The highest BCUT2D eigenvalue weighted by molar-refractivity contribution is 8.26. The third-order valence-corrected chi connectivity index (χ3v) is 6.70. The number of thioether (sulfide) groups is 1. The SMILES string of the molecule is CCc1cc(CN2C(=O)COc3ccc(C=C4SC(=S)NC4=O)cc32)cc(C(C)(C)C)c1. The van der Waals surface area contributed by atoms with E-state index in [-0.39, 0.29) is 23.8 Å². The Morgan fingerprint density at radius 3 is 2.56 bits per heavy atom. The minimum atomic E-state index is -0.201. The van der Waals surface area contributed by atoms with Gasteiger partial charge in [0.2, 0.25) is 0 Å². The maximum Gasteiger partial charge on any atom is 0.265 e. The van der Waals surface area contributed by atoms with Crippen molar-refractivity contribution in [2.45, 2.75) is 46.1 Å². The zero-order valence-corrected chi connectivity index (χ0v) is 20.3. The summed E-state index contributed by atoms with van der Waals surface area (Å²) in [6, 6.07) is 12.2. The van der Waals surface area contributed by atoms with Crippen LogP contribution in [0.15, 0.2) is 41.3 Å². The van der Waals surface area contributed by atoms with Crippen molar-refractivity contribution >= 4 is 51.9 Å². The van der Waals surface area contributed by atoms with E-state index in [1.54, 1.807) is 11.0 Å². The fourth-order valence-corrected chi connectivity index (χ4v) is 4.77. The number of rotatable bonds is 4. The predicted molar refractivity (Wildman–Crippen MR) is 134 cm³/mol. The number of carbonyl (C=O) groups is 2. The highest BCUT2D eigenvalue weighted by Crippen LogP contribution is 2.36. The molecular formula is C25H26N2O3S2. The molecule has 7 heteroatoms.